The van der Waals surface area contributed by atoms with Crippen LogP contribution in [0.1, 0.15) is 16.7 Å². The standard InChI is InChI=1S/C16H15N5S/c1-9-6-7-12-13(8-9)22-16(20-12)21-15(19)11-5-3-2-4-10(11)14(17)18/h2-8H,1H3,(H3,17,18)(H2,19,20,21). The van der Waals surface area contributed by atoms with Crippen molar-refractivity contribution in [1.82, 2.24) is 4.98 Å². The van der Waals surface area contributed by atoms with Crippen molar-refractivity contribution in [2.24, 2.45) is 16.5 Å². The van der Waals surface area contributed by atoms with Crippen LogP contribution in [0, 0.1) is 12.3 Å². The lowest BCUT2D eigenvalue weighted by Gasteiger charge is -2.06. The lowest BCUT2D eigenvalue weighted by atomic mass is 10.1. The number of nitrogen functional groups attached to an aromatic ring is 1. The van der Waals surface area contributed by atoms with Gasteiger partial charge in [-0.1, -0.05) is 41.7 Å². The maximum absolute atomic E-state index is 7.61. The minimum absolute atomic E-state index is 0.0336. The maximum Gasteiger partial charge on any atom is 0.212 e. The van der Waals surface area contributed by atoms with Gasteiger partial charge in [0.1, 0.15) is 11.7 Å². The Hall–Kier alpha value is -2.73. The van der Waals surface area contributed by atoms with Crippen LogP contribution in [0.4, 0.5) is 5.13 Å². The van der Waals surface area contributed by atoms with E-state index in [0.29, 0.717) is 22.1 Å². The molecule has 0 saturated heterocycles. The Balaban J connectivity index is 2.05. The van der Waals surface area contributed by atoms with E-state index in [0.717, 1.165) is 10.2 Å². The van der Waals surface area contributed by atoms with Gasteiger partial charge < -0.3 is 11.5 Å². The van der Waals surface area contributed by atoms with Crippen LogP contribution in [-0.4, -0.2) is 16.7 Å². The Bertz CT molecular complexity index is 894. The monoisotopic (exact) mass is 309 g/mol. The number of nitrogens with zero attached hydrogens (tertiary/aromatic N) is 2. The number of nitrogens with two attached hydrogens (primary N) is 2. The van der Waals surface area contributed by atoms with Crippen LogP contribution in [0.5, 0.6) is 0 Å². The third kappa shape index (κ3) is 2.68. The van der Waals surface area contributed by atoms with E-state index < -0.39 is 0 Å². The van der Waals surface area contributed by atoms with E-state index in [1.54, 1.807) is 12.1 Å². The fraction of sp³-hybridized carbons (Fsp3) is 0.0625. The smallest absolute Gasteiger partial charge is 0.212 e. The minimum atomic E-state index is -0.0336. The topological polar surface area (TPSA) is 101 Å². The van der Waals surface area contributed by atoms with Crippen molar-refractivity contribution >= 4 is 38.4 Å². The fourth-order valence-corrected chi connectivity index (χ4v) is 3.12. The van der Waals surface area contributed by atoms with E-state index >= 15 is 0 Å². The van der Waals surface area contributed by atoms with Gasteiger partial charge in [0.15, 0.2) is 0 Å². The highest BCUT2D eigenvalue weighted by Gasteiger charge is 2.10. The number of fused-ring (bicyclic) bond motifs is 1. The average Bonchev–Trinajstić information content (AvgIpc) is 2.88. The molecule has 0 radical (unpaired) electrons. The predicted molar refractivity (Wildman–Crippen MR) is 92.2 cm³/mol. The Morgan fingerprint density at radius 3 is 2.59 bits per heavy atom. The van der Waals surface area contributed by atoms with Crippen LogP contribution < -0.4 is 11.5 Å². The second-order valence-electron chi connectivity index (χ2n) is 4.92. The summed E-state index contributed by atoms with van der Waals surface area (Å²) in [6, 6.07) is 13.3. The second-order valence-corrected chi connectivity index (χ2v) is 5.93. The number of benzene rings is 2. The summed E-state index contributed by atoms with van der Waals surface area (Å²) in [5, 5.41) is 8.21. The molecule has 5 N–H and O–H groups in total. The molecule has 5 nitrogen and oxygen atoms in total. The number of hydrogen-bond donors (Lipinski definition) is 3. The van der Waals surface area contributed by atoms with E-state index in [1.165, 1.54) is 16.9 Å². The number of aryl methyl sites for hydroxylation is 1. The zero-order valence-corrected chi connectivity index (χ0v) is 12.8. The van der Waals surface area contributed by atoms with Gasteiger partial charge >= 0.3 is 0 Å². The molecule has 22 heavy (non-hydrogen) atoms. The summed E-state index contributed by atoms with van der Waals surface area (Å²) >= 11 is 1.49. The molecule has 0 atom stereocenters. The lowest BCUT2D eigenvalue weighted by molar-refractivity contribution is 1.36. The predicted octanol–water partition coefficient (Wildman–Crippen LogP) is 2.93. The molecule has 0 saturated carbocycles. The molecular weight excluding hydrogens is 294 g/mol. The Morgan fingerprint density at radius 1 is 1.14 bits per heavy atom. The molecule has 0 aliphatic rings. The zero-order valence-electron chi connectivity index (χ0n) is 12.0. The van der Waals surface area contributed by atoms with E-state index in [1.807, 2.05) is 31.2 Å². The van der Waals surface area contributed by atoms with Crippen LogP contribution in [0.2, 0.25) is 0 Å². The molecule has 2 aromatic carbocycles. The van der Waals surface area contributed by atoms with E-state index in [4.69, 9.17) is 16.9 Å². The van der Waals surface area contributed by atoms with Gasteiger partial charge in [-0.2, -0.15) is 0 Å². The molecule has 0 aliphatic heterocycles. The molecule has 1 aromatic heterocycles. The van der Waals surface area contributed by atoms with E-state index in [-0.39, 0.29) is 5.84 Å². The van der Waals surface area contributed by atoms with Gasteiger partial charge in [-0.05, 0) is 24.6 Å². The van der Waals surface area contributed by atoms with Crippen molar-refractivity contribution in [3.63, 3.8) is 0 Å². The van der Waals surface area contributed by atoms with Gasteiger partial charge in [0, 0.05) is 11.1 Å². The van der Waals surface area contributed by atoms with Crippen LogP contribution in [0.25, 0.3) is 10.2 Å². The molecule has 0 bridgehead atoms. The summed E-state index contributed by atoms with van der Waals surface area (Å²) in [5.41, 5.74) is 15.0. The van der Waals surface area contributed by atoms with Crippen LogP contribution in [0.15, 0.2) is 47.5 Å². The van der Waals surface area contributed by atoms with Gasteiger partial charge in [-0.3, -0.25) is 5.41 Å². The number of thiazole rings is 1. The highest BCUT2D eigenvalue weighted by Crippen LogP contribution is 2.29. The first-order chi connectivity index (χ1) is 10.5. The van der Waals surface area contributed by atoms with Crippen LogP contribution in [0.3, 0.4) is 0 Å². The van der Waals surface area contributed by atoms with Gasteiger partial charge in [0.05, 0.1) is 10.2 Å². The normalized spacial score (nSPS) is 11.8. The van der Waals surface area contributed by atoms with Gasteiger partial charge in [-0.15, -0.1) is 0 Å². The molecule has 0 unspecified atom stereocenters. The number of hydrogen-bond acceptors (Lipinski definition) is 4. The van der Waals surface area contributed by atoms with Crippen molar-refractivity contribution in [1.29, 1.82) is 5.41 Å². The minimum Gasteiger partial charge on any atom is -0.384 e. The molecule has 0 spiro atoms. The van der Waals surface area contributed by atoms with Crippen molar-refractivity contribution in [3.8, 4) is 0 Å². The number of rotatable bonds is 3. The molecule has 110 valence electrons. The highest BCUT2D eigenvalue weighted by atomic mass is 32.1. The van der Waals surface area contributed by atoms with Crippen molar-refractivity contribution in [3.05, 3.63) is 59.2 Å². The Morgan fingerprint density at radius 2 is 1.86 bits per heavy atom. The first kappa shape index (κ1) is 14.2. The van der Waals surface area contributed by atoms with Gasteiger partial charge in [-0.25, -0.2) is 9.98 Å². The molecule has 0 aliphatic carbocycles. The molecule has 6 heteroatoms. The van der Waals surface area contributed by atoms with E-state index in [2.05, 4.69) is 16.0 Å². The highest BCUT2D eigenvalue weighted by molar-refractivity contribution is 7.22. The third-order valence-electron chi connectivity index (χ3n) is 3.24. The largest absolute Gasteiger partial charge is 0.384 e. The first-order valence-electron chi connectivity index (χ1n) is 6.70. The Kier molecular flexibility index (Phi) is 3.60. The number of aromatic nitrogens is 1. The first-order valence-corrected chi connectivity index (χ1v) is 7.51. The second kappa shape index (κ2) is 5.57. The SMILES string of the molecule is Cc1ccc2nc(/N=C(\N)c3ccccc3C(=N)N)sc2c1. The Labute approximate surface area is 131 Å². The van der Waals surface area contributed by atoms with Crippen molar-refractivity contribution < 1.29 is 0 Å². The summed E-state index contributed by atoms with van der Waals surface area (Å²) in [6.45, 7) is 2.04. The van der Waals surface area contributed by atoms with Gasteiger partial charge in [0.25, 0.3) is 0 Å². The van der Waals surface area contributed by atoms with Crippen LogP contribution in [-0.2, 0) is 0 Å². The number of amidine groups is 2. The summed E-state index contributed by atoms with van der Waals surface area (Å²) in [7, 11) is 0. The summed E-state index contributed by atoms with van der Waals surface area (Å²) in [6.07, 6.45) is 0. The average molecular weight is 309 g/mol. The summed E-state index contributed by atoms with van der Waals surface area (Å²) < 4.78 is 1.08. The van der Waals surface area contributed by atoms with E-state index in [9.17, 15) is 0 Å². The maximum atomic E-state index is 7.61. The molecule has 0 amide bonds. The third-order valence-corrected chi connectivity index (χ3v) is 4.15. The number of aliphatic imine (C=N–C) groups is 1. The number of nitrogens with one attached hydrogen (secondary N) is 1. The lowest BCUT2D eigenvalue weighted by Crippen LogP contribution is -2.21. The summed E-state index contributed by atoms with van der Waals surface area (Å²) in [4.78, 5) is 8.85. The summed E-state index contributed by atoms with van der Waals surface area (Å²) in [5.74, 6) is 0.273. The van der Waals surface area contributed by atoms with Crippen LogP contribution >= 0.6 is 11.3 Å². The quantitative estimate of drug-likeness (QED) is 0.512. The zero-order chi connectivity index (χ0) is 15.7. The molecular formula is C16H15N5S. The van der Waals surface area contributed by atoms with Gasteiger partial charge in [0.2, 0.25) is 5.13 Å². The molecule has 1 heterocycles. The van der Waals surface area contributed by atoms with Crippen molar-refractivity contribution in [2.45, 2.75) is 6.92 Å². The fourth-order valence-electron chi connectivity index (χ4n) is 2.17. The van der Waals surface area contributed by atoms with Crippen molar-refractivity contribution in [2.75, 3.05) is 0 Å². The molecule has 3 rings (SSSR count). The molecule has 3 aromatic rings. The molecule has 0 fully saturated rings.